The van der Waals surface area contributed by atoms with Gasteiger partial charge in [-0.15, -0.1) is 0 Å². The fourth-order valence-corrected chi connectivity index (χ4v) is 1.89. The Balaban J connectivity index is 2.01. The van der Waals surface area contributed by atoms with E-state index in [1.807, 2.05) is 0 Å². The van der Waals surface area contributed by atoms with Crippen molar-refractivity contribution in [3.63, 3.8) is 0 Å². The lowest BCUT2D eigenvalue weighted by molar-refractivity contribution is -0.384. The van der Waals surface area contributed by atoms with Crippen molar-refractivity contribution in [2.24, 2.45) is 0 Å². The summed E-state index contributed by atoms with van der Waals surface area (Å²) in [5, 5.41) is 16.0. The van der Waals surface area contributed by atoms with Gasteiger partial charge in [0.15, 0.2) is 0 Å². The zero-order valence-corrected chi connectivity index (χ0v) is 10.1. The van der Waals surface area contributed by atoms with E-state index in [0.717, 1.165) is 0 Å². The second kappa shape index (κ2) is 5.47. The number of nitro benzene ring substituents is 1. The van der Waals surface area contributed by atoms with Crippen LogP contribution in [0.3, 0.4) is 0 Å². The smallest absolute Gasteiger partial charge is 0.270 e. The molecule has 0 saturated carbocycles. The van der Waals surface area contributed by atoms with Crippen LogP contribution in [0.2, 0.25) is 0 Å². The zero-order chi connectivity index (χ0) is 13.8. The van der Waals surface area contributed by atoms with Crippen LogP contribution >= 0.6 is 0 Å². The van der Waals surface area contributed by atoms with Crippen molar-refractivity contribution in [1.29, 1.82) is 0 Å². The molecule has 100 valence electrons. The quantitative estimate of drug-likeness (QED) is 0.616. The van der Waals surface area contributed by atoms with Gasteiger partial charge in [-0.1, -0.05) is 6.07 Å². The first-order valence-electron chi connectivity index (χ1n) is 5.88. The molecule has 2 rings (SSSR count). The highest BCUT2D eigenvalue weighted by Gasteiger charge is 2.20. The number of carbonyl (C=O) groups is 2. The molecule has 1 heterocycles. The largest absolute Gasteiger partial charge is 0.354 e. The molecule has 2 amide bonds. The number of benzene rings is 1. The Kier molecular flexibility index (Phi) is 3.74. The highest BCUT2D eigenvalue weighted by atomic mass is 16.6. The average molecular weight is 263 g/mol. The fourth-order valence-electron chi connectivity index (χ4n) is 1.89. The summed E-state index contributed by atoms with van der Waals surface area (Å²) in [5.74, 6) is -0.398. The Hall–Kier alpha value is -2.44. The van der Waals surface area contributed by atoms with Crippen LogP contribution in [0.15, 0.2) is 24.3 Å². The number of nitro groups is 1. The molecule has 19 heavy (non-hydrogen) atoms. The second-order valence-electron chi connectivity index (χ2n) is 4.32. The summed E-state index contributed by atoms with van der Waals surface area (Å²) in [6.07, 6.45) is 0.951. The van der Waals surface area contributed by atoms with Gasteiger partial charge >= 0.3 is 0 Å². The van der Waals surface area contributed by atoms with E-state index in [2.05, 4.69) is 10.6 Å². The van der Waals surface area contributed by atoms with Gasteiger partial charge in [-0.25, -0.2) is 0 Å². The number of non-ortho nitro benzene ring substituents is 1. The Morgan fingerprint density at radius 2 is 2.26 bits per heavy atom. The topological polar surface area (TPSA) is 101 Å². The lowest BCUT2D eigenvalue weighted by Crippen LogP contribution is -2.47. The Bertz CT molecular complexity index is 519. The van der Waals surface area contributed by atoms with E-state index < -0.39 is 4.92 Å². The minimum Gasteiger partial charge on any atom is -0.354 e. The molecule has 0 spiro atoms. The van der Waals surface area contributed by atoms with Gasteiger partial charge in [0.05, 0.1) is 4.92 Å². The number of carbonyl (C=O) groups excluding carboxylic acids is 2. The van der Waals surface area contributed by atoms with Crippen LogP contribution in [0.25, 0.3) is 0 Å². The number of amides is 2. The van der Waals surface area contributed by atoms with Gasteiger partial charge in [0, 0.05) is 36.7 Å². The summed E-state index contributed by atoms with van der Waals surface area (Å²) in [5.41, 5.74) is 0.121. The van der Waals surface area contributed by atoms with E-state index in [0.29, 0.717) is 19.4 Å². The van der Waals surface area contributed by atoms with Crippen molar-refractivity contribution >= 4 is 17.5 Å². The number of hydrogen-bond acceptors (Lipinski definition) is 4. The molecule has 1 fully saturated rings. The third-order valence-electron chi connectivity index (χ3n) is 2.92. The molecule has 0 radical (unpaired) electrons. The van der Waals surface area contributed by atoms with Crippen LogP contribution in [0.4, 0.5) is 5.69 Å². The van der Waals surface area contributed by atoms with Gasteiger partial charge in [-0.3, -0.25) is 19.7 Å². The predicted molar refractivity (Wildman–Crippen MR) is 66.6 cm³/mol. The molecule has 1 aromatic carbocycles. The first-order valence-corrected chi connectivity index (χ1v) is 5.88. The van der Waals surface area contributed by atoms with Crippen molar-refractivity contribution in [1.82, 2.24) is 10.6 Å². The van der Waals surface area contributed by atoms with Crippen molar-refractivity contribution in [3.05, 3.63) is 39.9 Å². The number of piperidine rings is 1. The highest BCUT2D eigenvalue weighted by molar-refractivity contribution is 5.95. The lowest BCUT2D eigenvalue weighted by atomic mass is 10.1. The predicted octanol–water partition coefficient (Wildman–Crippen LogP) is 0.603. The molecule has 0 aliphatic carbocycles. The molecule has 1 aliphatic heterocycles. The maximum Gasteiger partial charge on any atom is 0.270 e. The van der Waals surface area contributed by atoms with E-state index in [1.165, 1.54) is 24.3 Å². The Labute approximate surface area is 109 Å². The summed E-state index contributed by atoms with van der Waals surface area (Å²) in [4.78, 5) is 33.0. The van der Waals surface area contributed by atoms with E-state index in [4.69, 9.17) is 0 Å². The van der Waals surface area contributed by atoms with Crippen LogP contribution in [0.1, 0.15) is 23.2 Å². The molecular weight excluding hydrogens is 250 g/mol. The van der Waals surface area contributed by atoms with Crippen molar-refractivity contribution in [2.45, 2.75) is 18.9 Å². The molecule has 7 heteroatoms. The van der Waals surface area contributed by atoms with Crippen molar-refractivity contribution in [2.75, 3.05) is 6.54 Å². The molecule has 0 aromatic heterocycles. The van der Waals surface area contributed by atoms with Crippen LogP contribution in [0, 0.1) is 10.1 Å². The van der Waals surface area contributed by atoms with Gasteiger partial charge < -0.3 is 10.6 Å². The van der Waals surface area contributed by atoms with E-state index in [-0.39, 0.29) is 29.1 Å². The number of hydrogen-bond donors (Lipinski definition) is 2. The monoisotopic (exact) mass is 263 g/mol. The Morgan fingerprint density at radius 3 is 2.89 bits per heavy atom. The summed E-state index contributed by atoms with van der Waals surface area (Å²) < 4.78 is 0. The average Bonchev–Trinajstić information content (AvgIpc) is 2.41. The molecule has 1 aromatic rings. The van der Waals surface area contributed by atoms with Crippen LogP contribution in [-0.2, 0) is 4.79 Å². The molecule has 1 saturated heterocycles. The third kappa shape index (κ3) is 3.27. The Morgan fingerprint density at radius 1 is 1.47 bits per heavy atom. The van der Waals surface area contributed by atoms with E-state index >= 15 is 0 Å². The first-order chi connectivity index (χ1) is 9.06. The maximum atomic E-state index is 11.9. The molecule has 1 unspecified atom stereocenters. The van der Waals surface area contributed by atoms with Crippen molar-refractivity contribution < 1.29 is 14.5 Å². The van der Waals surface area contributed by atoms with E-state index in [1.54, 1.807) is 0 Å². The SMILES string of the molecule is O=C1CCC(NC(=O)c2cccc([N+](=O)[O-])c2)CN1. The minimum atomic E-state index is -0.544. The highest BCUT2D eigenvalue weighted by Crippen LogP contribution is 2.13. The molecule has 2 N–H and O–H groups in total. The van der Waals surface area contributed by atoms with Gasteiger partial charge in [0.25, 0.3) is 11.6 Å². The molecular formula is C12H13N3O4. The van der Waals surface area contributed by atoms with E-state index in [9.17, 15) is 19.7 Å². The minimum absolute atomic E-state index is 0.0270. The molecule has 1 aliphatic rings. The molecule has 0 bridgehead atoms. The first kappa shape index (κ1) is 13.0. The summed E-state index contributed by atoms with van der Waals surface area (Å²) in [6.45, 7) is 0.388. The second-order valence-corrected chi connectivity index (χ2v) is 4.32. The molecule has 7 nitrogen and oxygen atoms in total. The van der Waals surface area contributed by atoms with Gasteiger partial charge in [-0.2, -0.15) is 0 Å². The number of nitrogens with one attached hydrogen (secondary N) is 2. The van der Waals surface area contributed by atoms with Crippen LogP contribution in [-0.4, -0.2) is 29.3 Å². The number of nitrogens with zero attached hydrogens (tertiary/aromatic N) is 1. The third-order valence-corrected chi connectivity index (χ3v) is 2.92. The molecule has 1 atom stereocenters. The number of rotatable bonds is 3. The zero-order valence-electron chi connectivity index (χ0n) is 10.1. The van der Waals surface area contributed by atoms with Gasteiger partial charge in [0.1, 0.15) is 0 Å². The normalized spacial score (nSPS) is 18.5. The van der Waals surface area contributed by atoms with Crippen LogP contribution < -0.4 is 10.6 Å². The maximum absolute atomic E-state index is 11.9. The lowest BCUT2D eigenvalue weighted by Gasteiger charge is -2.23. The van der Waals surface area contributed by atoms with Gasteiger partial charge in [-0.05, 0) is 12.5 Å². The summed E-state index contributed by atoms with van der Waals surface area (Å²) in [7, 11) is 0. The fraction of sp³-hybridized carbons (Fsp3) is 0.333. The standard InChI is InChI=1S/C12H13N3O4/c16-11-5-4-9(7-13-11)14-12(17)8-2-1-3-10(6-8)15(18)19/h1-3,6,9H,4-5,7H2,(H,13,16)(H,14,17). The van der Waals surface area contributed by atoms with Crippen molar-refractivity contribution in [3.8, 4) is 0 Å². The van der Waals surface area contributed by atoms with Gasteiger partial charge in [0.2, 0.25) is 5.91 Å². The van der Waals surface area contributed by atoms with Crippen LogP contribution in [0.5, 0.6) is 0 Å². The summed E-state index contributed by atoms with van der Waals surface area (Å²) in [6, 6.07) is 5.41. The summed E-state index contributed by atoms with van der Waals surface area (Å²) >= 11 is 0.